The molecule has 0 saturated heterocycles. The van der Waals surface area contributed by atoms with E-state index in [0.717, 1.165) is 19.3 Å². The van der Waals surface area contributed by atoms with Gasteiger partial charge in [-0.1, -0.05) is 46.3 Å². The highest BCUT2D eigenvalue weighted by Crippen LogP contribution is 2.41. The molecule has 1 fully saturated rings. The lowest BCUT2D eigenvalue weighted by atomic mass is 9.77. The Morgan fingerprint density at radius 1 is 1.19 bits per heavy atom. The molecule has 1 aromatic carbocycles. The molecule has 0 amide bonds. The number of sulfone groups is 1. The molecule has 0 bridgehead atoms. The highest BCUT2D eigenvalue weighted by atomic mass is 79.9. The molecule has 118 valence electrons. The third kappa shape index (κ3) is 4.56. The Morgan fingerprint density at radius 3 is 2.48 bits per heavy atom. The molecule has 21 heavy (non-hydrogen) atoms. The summed E-state index contributed by atoms with van der Waals surface area (Å²) in [6.45, 7) is 3.54. The van der Waals surface area contributed by atoms with Crippen LogP contribution in [0.25, 0.3) is 0 Å². The maximum atomic E-state index is 12.0. The smallest absolute Gasteiger partial charge is 0.152 e. The number of alkyl halides is 1. The zero-order valence-corrected chi connectivity index (χ0v) is 15.2. The van der Waals surface area contributed by atoms with Gasteiger partial charge in [-0.05, 0) is 56.9 Å². The molecule has 4 heteroatoms. The van der Waals surface area contributed by atoms with E-state index in [1.807, 2.05) is 6.07 Å². The van der Waals surface area contributed by atoms with Crippen molar-refractivity contribution in [2.45, 2.75) is 55.5 Å². The maximum Gasteiger partial charge on any atom is 0.152 e. The standard InChI is InChI=1S/C17H25BrO2S/c1-13(2)21(19,20)11-10-16-12-15(8-9-17(16)18)14-6-4-3-5-7-14/h3-7,13,15-17H,8-12H2,1-2H3. The first-order chi connectivity index (χ1) is 9.90. The molecule has 0 N–H and O–H groups in total. The van der Waals surface area contributed by atoms with Crippen molar-refractivity contribution in [3.63, 3.8) is 0 Å². The van der Waals surface area contributed by atoms with Crippen LogP contribution in [0.5, 0.6) is 0 Å². The Morgan fingerprint density at radius 2 is 1.86 bits per heavy atom. The molecule has 0 radical (unpaired) electrons. The lowest BCUT2D eigenvalue weighted by molar-refractivity contribution is 0.329. The Bertz CT molecular complexity index is 539. The van der Waals surface area contributed by atoms with Gasteiger partial charge in [0.1, 0.15) is 0 Å². The second-order valence-corrected chi connectivity index (χ2v) is 10.3. The largest absolute Gasteiger partial charge is 0.229 e. The fourth-order valence-corrected chi connectivity index (χ4v) is 4.95. The molecular weight excluding hydrogens is 348 g/mol. The average molecular weight is 373 g/mol. The van der Waals surface area contributed by atoms with Gasteiger partial charge < -0.3 is 0 Å². The molecule has 1 saturated carbocycles. The molecule has 0 heterocycles. The zero-order valence-electron chi connectivity index (χ0n) is 12.8. The van der Waals surface area contributed by atoms with E-state index in [2.05, 4.69) is 40.2 Å². The summed E-state index contributed by atoms with van der Waals surface area (Å²) >= 11 is 3.76. The predicted octanol–water partition coefficient (Wildman–Crippen LogP) is 4.55. The summed E-state index contributed by atoms with van der Waals surface area (Å²) in [5.41, 5.74) is 1.40. The SMILES string of the molecule is CC(C)S(=O)(=O)CCC1CC(c2ccccc2)CCC1Br. The van der Waals surface area contributed by atoms with E-state index in [-0.39, 0.29) is 5.25 Å². The van der Waals surface area contributed by atoms with Crippen LogP contribution in [0.1, 0.15) is 51.0 Å². The summed E-state index contributed by atoms with van der Waals surface area (Å²) in [5.74, 6) is 1.35. The van der Waals surface area contributed by atoms with E-state index in [0.29, 0.717) is 22.4 Å². The Hall–Kier alpha value is -0.350. The fourth-order valence-electron chi connectivity index (χ4n) is 3.11. The first kappa shape index (κ1) is 17.0. The lowest BCUT2D eigenvalue weighted by Gasteiger charge is -2.33. The topological polar surface area (TPSA) is 34.1 Å². The lowest BCUT2D eigenvalue weighted by Crippen LogP contribution is -2.28. The zero-order chi connectivity index (χ0) is 15.5. The Kier molecular flexibility index (Phi) is 5.89. The Labute approximate surface area is 137 Å². The van der Waals surface area contributed by atoms with Gasteiger partial charge in [0.05, 0.1) is 11.0 Å². The van der Waals surface area contributed by atoms with Gasteiger partial charge in [-0.3, -0.25) is 0 Å². The van der Waals surface area contributed by atoms with Crippen LogP contribution >= 0.6 is 15.9 Å². The van der Waals surface area contributed by atoms with E-state index in [9.17, 15) is 8.42 Å². The summed E-state index contributed by atoms with van der Waals surface area (Å²) in [4.78, 5) is 0.458. The predicted molar refractivity (Wildman–Crippen MR) is 92.8 cm³/mol. The number of halogens is 1. The molecule has 2 nitrogen and oxygen atoms in total. The van der Waals surface area contributed by atoms with Crippen LogP contribution in [0.15, 0.2) is 30.3 Å². The van der Waals surface area contributed by atoms with Gasteiger partial charge in [-0.2, -0.15) is 0 Å². The van der Waals surface area contributed by atoms with Gasteiger partial charge in [-0.25, -0.2) is 8.42 Å². The average Bonchev–Trinajstić information content (AvgIpc) is 2.47. The third-order valence-electron chi connectivity index (χ3n) is 4.65. The van der Waals surface area contributed by atoms with Gasteiger partial charge in [0.2, 0.25) is 0 Å². The quantitative estimate of drug-likeness (QED) is 0.710. The van der Waals surface area contributed by atoms with Crippen molar-refractivity contribution < 1.29 is 8.42 Å². The van der Waals surface area contributed by atoms with Crippen molar-refractivity contribution in [2.75, 3.05) is 5.75 Å². The molecule has 0 aliphatic heterocycles. The van der Waals surface area contributed by atoms with E-state index in [4.69, 9.17) is 0 Å². The van der Waals surface area contributed by atoms with Crippen LogP contribution in [-0.4, -0.2) is 24.2 Å². The van der Waals surface area contributed by atoms with Crippen LogP contribution in [0.3, 0.4) is 0 Å². The highest BCUT2D eigenvalue weighted by Gasteiger charge is 2.31. The second-order valence-electron chi connectivity index (χ2n) is 6.40. The van der Waals surface area contributed by atoms with Crippen molar-refractivity contribution in [3.8, 4) is 0 Å². The maximum absolute atomic E-state index is 12.0. The summed E-state index contributed by atoms with van der Waals surface area (Å²) in [5, 5.41) is -0.264. The van der Waals surface area contributed by atoms with E-state index < -0.39 is 9.84 Å². The number of hydrogen-bond acceptors (Lipinski definition) is 2. The van der Waals surface area contributed by atoms with Gasteiger partial charge in [-0.15, -0.1) is 0 Å². The van der Waals surface area contributed by atoms with Crippen molar-refractivity contribution in [1.82, 2.24) is 0 Å². The number of rotatable bonds is 5. The third-order valence-corrected chi connectivity index (χ3v) is 8.10. The van der Waals surface area contributed by atoms with Crippen molar-refractivity contribution in [3.05, 3.63) is 35.9 Å². The minimum atomic E-state index is -2.92. The molecule has 0 aromatic heterocycles. The first-order valence-electron chi connectivity index (χ1n) is 7.80. The van der Waals surface area contributed by atoms with Crippen molar-refractivity contribution in [2.24, 2.45) is 5.92 Å². The number of hydrogen-bond donors (Lipinski definition) is 0. The van der Waals surface area contributed by atoms with Crippen molar-refractivity contribution >= 4 is 25.8 Å². The fraction of sp³-hybridized carbons (Fsp3) is 0.647. The minimum Gasteiger partial charge on any atom is -0.229 e. The van der Waals surface area contributed by atoms with Crippen LogP contribution in [0.4, 0.5) is 0 Å². The normalized spacial score (nSPS) is 27.0. The van der Waals surface area contributed by atoms with E-state index in [1.54, 1.807) is 13.8 Å². The van der Waals surface area contributed by atoms with Gasteiger partial charge in [0.25, 0.3) is 0 Å². The molecular formula is C17H25BrO2S. The summed E-state index contributed by atoms with van der Waals surface area (Å²) < 4.78 is 24.0. The van der Waals surface area contributed by atoms with Crippen LogP contribution in [-0.2, 0) is 9.84 Å². The number of benzene rings is 1. The van der Waals surface area contributed by atoms with Gasteiger partial charge in [0, 0.05) is 4.83 Å². The summed E-state index contributed by atoms with van der Waals surface area (Å²) in [6, 6.07) is 10.6. The molecule has 1 aliphatic carbocycles. The summed E-state index contributed by atoms with van der Waals surface area (Å²) in [7, 11) is -2.92. The second kappa shape index (κ2) is 7.28. The first-order valence-corrected chi connectivity index (χ1v) is 10.4. The molecule has 3 unspecified atom stereocenters. The van der Waals surface area contributed by atoms with Crippen molar-refractivity contribution in [1.29, 1.82) is 0 Å². The monoisotopic (exact) mass is 372 g/mol. The molecule has 1 aliphatic rings. The van der Waals surface area contributed by atoms with Crippen LogP contribution in [0.2, 0.25) is 0 Å². The minimum absolute atomic E-state index is 0.264. The molecule has 0 spiro atoms. The van der Waals surface area contributed by atoms with E-state index >= 15 is 0 Å². The van der Waals surface area contributed by atoms with Crippen LogP contribution in [0, 0.1) is 5.92 Å². The molecule has 1 aromatic rings. The van der Waals surface area contributed by atoms with Gasteiger partial charge in [0.15, 0.2) is 9.84 Å². The van der Waals surface area contributed by atoms with Crippen LogP contribution < -0.4 is 0 Å². The Balaban J connectivity index is 1.99. The highest BCUT2D eigenvalue weighted by molar-refractivity contribution is 9.09. The molecule has 2 rings (SSSR count). The summed E-state index contributed by atoms with van der Waals surface area (Å²) in [6.07, 6.45) is 4.19. The molecule has 3 atom stereocenters. The van der Waals surface area contributed by atoms with Gasteiger partial charge >= 0.3 is 0 Å². The van der Waals surface area contributed by atoms with E-state index in [1.165, 1.54) is 12.0 Å².